The van der Waals surface area contributed by atoms with Gasteiger partial charge in [-0.2, -0.15) is 0 Å². The molecule has 1 N–H and O–H groups in total. The maximum atomic E-state index is 3.68. The topological polar surface area (TPSA) is 20.2 Å². The van der Waals surface area contributed by atoms with E-state index in [1.165, 1.54) is 36.5 Å². The molecular formula is C14H25N3. The molecule has 0 spiro atoms. The van der Waals surface area contributed by atoms with Crippen LogP contribution in [0, 0.1) is 13.8 Å². The van der Waals surface area contributed by atoms with E-state index in [0.29, 0.717) is 6.04 Å². The molecule has 0 bridgehead atoms. The van der Waals surface area contributed by atoms with Crippen molar-refractivity contribution in [2.75, 3.05) is 20.1 Å². The highest BCUT2D eigenvalue weighted by atomic mass is 15.2. The summed E-state index contributed by atoms with van der Waals surface area (Å²) in [7, 11) is 2.20. The Morgan fingerprint density at radius 1 is 1.41 bits per heavy atom. The molecule has 1 aromatic rings. The SMILES string of the molecule is CCn1c(C)cc(CNC2CCN(C)C2)c1C. The number of nitrogens with zero attached hydrogens (tertiary/aromatic N) is 2. The minimum Gasteiger partial charge on any atom is -0.349 e. The molecule has 0 aliphatic carbocycles. The Hall–Kier alpha value is -0.800. The summed E-state index contributed by atoms with van der Waals surface area (Å²) in [5.74, 6) is 0. The minimum atomic E-state index is 0.671. The van der Waals surface area contributed by atoms with Crippen LogP contribution in [0.2, 0.25) is 0 Å². The Labute approximate surface area is 105 Å². The quantitative estimate of drug-likeness (QED) is 0.860. The third-order valence-electron chi connectivity index (χ3n) is 3.97. The van der Waals surface area contributed by atoms with Gasteiger partial charge in [0.05, 0.1) is 0 Å². The largest absolute Gasteiger partial charge is 0.349 e. The Morgan fingerprint density at radius 3 is 2.71 bits per heavy atom. The lowest BCUT2D eigenvalue weighted by Gasteiger charge is -2.13. The zero-order valence-electron chi connectivity index (χ0n) is 11.6. The van der Waals surface area contributed by atoms with Crippen molar-refractivity contribution in [2.24, 2.45) is 0 Å². The van der Waals surface area contributed by atoms with Gasteiger partial charge >= 0.3 is 0 Å². The van der Waals surface area contributed by atoms with Gasteiger partial charge in [0, 0.05) is 37.1 Å². The van der Waals surface area contributed by atoms with Gasteiger partial charge in [-0.1, -0.05) is 0 Å². The van der Waals surface area contributed by atoms with E-state index in [9.17, 15) is 0 Å². The summed E-state index contributed by atoms with van der Waals surface area (Å²) in [5.41, 5.74) is 4.26. The van der Waals surface area contributed by atoms with Gasteiger partial charge in [-0.15, -0.1) is 0 Å². The second kappa shape index (κ2) is 5.23. The van der Waals surface area contributed by atoms with E-state index in [4.69, 9.17) is 0 Å². The maximum Gasteiger partial charge on any atom is 0.0226 e. The molecule has 1 unspecified atom stereocenters. The average molecular weight is 235 g/mol. The van der Waals surface area contributed by atoms with Crippen molar-refractivity contribution in [1.82, 2.24) is 14.8 Å². The van der Waals surface area contributed by atoms with Gasteiger partial charge < -0.3 is 14.8 Å². The second-order valence-corrected chi connectivity index (χ2v) is 5.27. The van der Waals surface area contributed by atoms with Crippen LogP contribution in [-0.4, -0.2) is 35.6 Å². The number of rotatable bonds is 4. The van der Waals surface area contributed by atoms with Crippen LogP contribution in [0.3, 0.4) is 0 Å². The monoisotopic (exact) mass is 235 g/mol. The lowest BCUT2D eigenvalue weighted by Crippen LogP contribution is -2.31. The number of nitrogens with one attached hydrogen (secondary N) is 1. The van der Waals surface area contributed by atoms with Crippen LogP contribution in [-0.2, 0) is 13.1 Å². The fourth-order valence-electron chi connectivity index (χ4n) is 2.89. The molecule has 3 heteroatoms. The van der Waals surface area contributed by atoms with Gasteiger partial charge in [0.2, 0.25) is 0 Å². The molecular weight excluding hydrogens is 210 g/mol. The third kappa shape index (κ3) is 2.72. The van der Waals surface area contributed by atoms with Crippen molar-refractivity contribution in [3.05, 3.63) is 23.0 Å². The van der Waals surface area contributed by atoms with Crippen LogP contribution in [0.1, 0.15) is 30.3 Å². The van der Waals surface area contributed by atoms with E-state index in [2.05, 4.69) is 48.7 Å². The molecule has 0 aromatic carbocycles. The highest BCUT2D eigenvalue weighted by molar-refractivity contribution is 5.26. The predicted molar refractivity (Wildman–Crippen MR) is 72.3 cm³/mol. The fraction of sp³-hybridized carbons (Fsp3) is 0.714. The van der Waals surface area contributed by atoms with E-state index in [1.807, 2.05) is 0 Å². The molecule has 1 aliphatic rings. The van der Waals surface area contributed by atoms with Gasteiger partial charge in [0.1, 0.15) is 0 Å². The summed E-state index contributed by atoms with van der Waals surface area (Å²) in [5, 5.41) is 3.68. The van der Waals surface area contributed by atoms with Crippen LogP contribution in [0.5, 0.6) is 0 Å². The highest BCUT2D eigenvalue weighted by Gasteiger charge is 2.19. The van der Waals surface area contributed by atoms with Crippen molar-refractivity contribution < 1.29 is 0 Å². The number of likely N-dealkylation sites (N-methyl/N-ethyl adjacent to an activating group) is 1. The molecule has 3 nitrogen and oxygen atoms in total. The van der Waals surface area contributed by atoms with Crippen molar-refractivity contribution in [1.29, 1.82) is 0 Å². The Bertz CT molecular complexity index is 381. The molecule has 0 saturated carbocycles. The van der Waals surface area contributed by atoms with E-state index in [0.717, 1.165) is 13.1 Å². The van der Waals surface area contributed by atoms with Crippen LogP contribution in [0.15, 0.2) is 6.07 Å². The van der Waals surface area contributed by atoms with Crippen molar-refractivity contribution >= 4 is 0 Å². The zero-order valence-corrected chi connectivity index (χ0v) is 11.6. The highest BCUT2D eigenvalue weighted by Crippen LogP contribution is 2.15. The molecule has 1 aliphatic heterocycles. The van der Waals surface area contributed by atoms with Gasteiger partial charge in [0.15, 0.2) is 0 Å². The number of aromatic nitrogens is 1. The average Bonchev–Trinajstić information content (AvgIpc) is 2.81. The van der Waals surface area contributed by atoms with E-state index in [1.54, 1.807) is 0 Å². The van der Waals surface area contributed by atoms with Crippen LogP contribution in [0.4, 0.5) is 0 Å². The Morgan fingerprint density at radius 2 is 2.18 bits per heavy atom. The number of hydrogen-bond acceptors (Lipinski definition) is 2. The molecule has 2 heterocycles. The summed E-state index contributed by atoms with van der Waals surface area (Å²) < 4.78 is 2.39. The van der Waals surface area contributed by atoms with Gasteiger partial charge in [-0.05, 0) is 52.4 Å². The smallest absolute Gasteiger partial charge is 0.0226 e. The second-order valence-electron chi connectivity index (χ2n) is 5.27. The van der Waals surface area contributed by atoms with Gasteiger partial charge in [-0.3, -0.25) is 0 Å². The lowest BCUT2D eigenvalue weighted by atomic mass is 10.2. The van der Waals surface area contributed by atoms with E-state index < -0.39 is 0 Å². The molecule has 17 heavy (non-hydrogen) atoms. The molecule has 1 saturated heterocycles. The zero-order chi connectivity index (χ0) is 12.4. The molecule has 1 fully saturated rings. The Kier molecular flexibility index (Phi) is 3.89. The molecule has 1 aromatic heterocycles. The number of aryl methyl sites for hydroxylation is 1. The first-order chi connectivity index (χ1) is 8.11. The van der Waals surface area contributed by atoms with Gasteiger partial charge in [-0.25, -0.2) is 0 Å². The van der Waals surface area contributed by atoms with Crippen molar-refractivity contribution in [3.8, 4) is 0 Å². The molecule has 0 amide bonds. The third-order valence-corrected chi connectivity index (χ3v) is 3.97. The lowest BCUT2D eigenvalue weighted by molar-refractivity contribution is 0.397. The Balaban J connectivity index is 1.95. The standard InChI is InChI=1S/C14H25N3/c1-5-17-11(2)8-13(12(17)3)9-15-14-6-7-16(4)10-14/h8,14-15H,5-7,9-10H2,1-4H3. The molecule has 1 atom stereocenters. The predicted octanol–water partition coefficient (Wildman–Crippen LogP) is 1.92. The molecule has 0 radical (unpaired) electrons. The summed E-state index contributed by atoms with van der Waals surface area (Å²) in [6.07, 6.45) is 1.28. The van der Waals surface area contributed by atoms with Crippen LogP contribution in [0.25, 0.3) is 0 Å². The maximum absolute atomic E-state index is 3.68. The number of hydrogen-bond donors (Lipinski definition) is 1. The molecule has 2 rings (SSSR count). The van der Waals surface area contributed by atoms with Crippen molar-refractivity contribution in [3.63, 3.8) is 0 Å². The first-order valence-corrected chi connectivity index (χ1v) is 6.69. The van der Waals surface area contributed by atoms with E-state index in [-0.39, 0.29) is 0 Å². The normalized spacial score (nSPS) is 21.3. The van der Waals surface area contributed by atoms with Gasteiger partial charge in [0.25, 0.3) is 0 Å². The fourth-order valence-corrected chi connectivity index (χ4v) is 2.89. The number of likely N-dealkylation sites (tertiary alicyclic amines) is 1. The summed E-state index contributed by atoms with van der Waals surface area (Å²) in [6, 6.07) is 2.99. The molecule has 96 valence electrons. The minimum absolute atomic E-state index is 0.671. The van der Waals surface area contributed by atoms with Crippen LogP contribution >= 0.6 is 0 Å². The first kappa shape index (κ1) is 12.7. The van der Waals surface area contributed by atoms with E-state index >= 15 is 0 Å². The summed E-state index contributed by atoms with van der Waals surface area (Å²) >= 11 is 0. The summed E-state index contributed by atoms with van der Waals surface area (Å²) in [4.78, 5) is 2.40. The van der Waals surface area contributed by atoms with Crippen LogP contribution < -0.4 is 5.32 Å². The summed E-state index contributed by atoms with van der Waals surface area (Å²) in [6.45, 7) is 11.1. The first-order valence-electron chi connectivity index (χ1n) is 6.69. The van der Waals surface area contributed by atoms with Crippen molar-refractivity contribution in [2.45, 2.75) is 46.3 Å².